The summed E-state index contributed by atoms with van der Waals surface area (Å²) < 4.78 is 67.3. The van der Waals surface area contributed by atoms with Crippen molar-refractivity contribution in [3.05, 3.63) is 58.0 Å². The van der Waals surface area contributed by atoms with E-state index in [1.165, 1.54) is 14.1 Å². The molecule has 2 aromatic rings. The SMILES string of the molecule is Cc1ccc([C@H](N=C(N)/C(=C\S(=O)O)Nc2ccc(C(F)(F)F)c(C(=O)N(C)C)c2O)C(C)(C)C)o1. The van der Waals surface area contributed by atoms with Crippen molar-refractivity contribution in [3.63, 3.8) is 0 Å². The number of aliphatic imine (C=N–C) groups is 1. The minimum Gasteiger partial charge on any atom is -0.505 e. The number of carbonyl (C=O) groups is 1. The molecule has 13 heteroatoms. The molecule has 0 aliphatic carbocycles. The smallest absolute Gasteiger partial charge is 0.417 e. The van der Waals surface area contributed by atoms with Crippen molar-refractivity contribution in [2.45, 2.75) is 39.9 Å². The molecule has 1 aromatic carbocycles. The zero-order chi connectivity index (χ0) is 27.6. The van der Waals surface area contributed by atoms with Gasteiger partial charge in [0.1, 0.15) is 23.4 Å². The summed E-state index contributed by atoms with van der Waals surface area (Å²) in [5, 5.41) is 13.9. The molecule has 0 aliphatic heterocycles. The van der Waals surface area contributed by atoms with Gasteiger partial charge in [-0.05, 0) is 36.6 Å². The number of halogens is 3. The normalized spacial score (nSPS) is 14.9. The maximum Gasteiger partial charge on any atom is 0.417 e. The summed E-state index contributed by atoms with van der Waals surface area (Å²) in [6.07, 6.45) is -4.93. The van der Waals surface area contributed by atoms with E-state index in [1.807, 2.05) is 20.8 Å². The second-order valence-corrected chi connectivity index (χ2v) is 10.0. The topological polar surface area (TPSA) is 141 Å². The zero-order valence-electron chi connectivity index (χ0n) is 20.6. The Morgan fingerprint density at radius 2 is 1.83 bits per heavy atom. The van der Waals surface area contributed by atoms with Crippen LogP contribution in [0.4, 0.5) is 18.9 Å². The Labute approximate surface area is 209 Å². The van der Waals surface area contributed by atoms with Crippen molar-refractivity contribution in [1.82, 2.24) is 4.90 Å². The molecule has 2 rings (SSSR count). The van der Waals surface area contributed by atoms with Crippen LogP contribution in [0.3, 0.4) is 0 Å². The number of nitrogens with one attached hydrogen (secondary N) is 1. The molecule has 5 N–H and O–H groups in total. The van der Waals surface area contributed by atoms with E-state index < -0.39 is 51.5 Å². The molecular weight excluding hydrogens is 501 g/mol. The number of hydrogen-bond donors (Lipinski definition) is 4. The van der Waals surface area contributed by atoms with Crippen LogP contribution in [-0.2, 0) is 17.3 Å². The molecule has 36 heavy (non-hydrogen) atoms. The minimum absolute atomic E-state index is 0.272. The Morgan fingerprint density at radius 3 is 2.28 bits per heavy atom. The maximum absolute atomic E-state index is 13.5. The average Bonchev–Trinajstić information content (AvgIpc) is 3.15. The second kappa shape index (κ2) is 10.7. The molecule has 0 aliphatic rings. The minimum atomic E-state index is -4.93. The van der Waals surface area contributed by atoms with Gasteiger partial charge in [-0.1, -0.05) is 20.8 Å². The fourth-order valence-corrected chi connectivity index (χ4v) is 3.64. The lowest BCUT2D eigenvalue weighted by molar-refractivity contribution is -0.138. The average molecular weight is 531 g/mol. The number of furan rings is 1. The van der Waals surface area contributed by atoms with Crippen molar-refractivity contribution in [1.29, 1.82) is 0 Å². The van der Waals surface area contributed by atoms with Crippen molar-refractivity contribution >= 4 is 28.5 Å². The van der Waals surface area contributed by atoms with Gasteiger partial charge in [0.05, 0.1) is 27.9 Å². The molecule has 198 valence electrons. The van der Waals surface area contributed by atoms with E-state index in [0.29, 0.717) is 17.6 Å². The van der Waals surface area contributed by atoms with Crippen molar-refractivity contribution in [3.8, 4) is 5.75 Å². The monoisotopic (exact) mass is 530 g/mol. The van der Waals surface area contributed by atoms with E-state index in [4.69, 9.17) is 10.2 Å². The van der Waals surface area contributed by atoms with Crippen LogP contribution in [0.15, 0.2) is 44.8 Å². The van der Waals surface area contributed by atoms with Crippen LogP contribution in [0.25, 0.3) is 0 Å². The number of amidine groups is 1. The molecule has 0 saturated heterocycles. The first-order valence-corrected chi connectivity index (χ1v) is 11.7. The summed E-state index contributed by atoms with van der Waals surface area (Å²) in [4.78, 5) is 17.8. The second-order valence-electron chi connectivity index (χ2n) is 9.25. The molecule has 0 saturated carbocycles. The summed E-state index contributed by atoms with van der Waals surface area (Å²) >= 11 is -2.56. The summed E-state index contributed by atoms with van der Waals surface area (Å²) in [5.74, 6) is -1.29. The summed E-state index contributed by atoms with van der Waals surface area (Å²) in [5.41, 5.74) is 2.67. The molecule has 1 amide bonds. The highest BCUT2D eigenvalue weighted by molar-refractivity contribution is 7.82. The first-order valence-electron chi connectivity index (χ1n) is 10.6. The van der Waals surface area contributed by atoms with Crippen LogP contribution in [0.5, 0.6) is 5.75 Å². The van der Waals surface area contributed by atoms with Crippen molar-refractivity contribution in [2.75, 3.05) is 19.4 Å². The summed E-state index contributed by atoms with van der Waals surface area (Å²) in [6.45, 7) is 7.36. The van der Waals surface area contributed by atoms with Crippen LogP contribution >= 0.6 is 0 Å². The Hall–Kier alpha value is -3.32. The molecule has 1 unspecified atom stereocenters. The fraction of sp³-hybridized carbons (Fsp3) is 0.391. The number of carbonyl (C=O) groups excluding carboxylic acids is 1. The van der Waals surface area contributed by atoms with Gasteiger partial charge in [0.15, 0.2) is 16.8 Å². The molecule has 0 radical (unpaired) electrons. The number of aryl methyl sites for hydroxylation is 1. The molecule has 0 bridgehead atoms. The van der Waals surface area contributed by atoms with Crippen molar-refractivity contribution < 1.29 is 36.3 Å². The van der Waals surface area contributed by atoms with Gasteiger partial charge >= 0.3 is 6.18 Å². The first kappa shape index (κ1) is 28.9. The largest absolute Gasteiger partial charge is 0.505 e. The number of aromatic hydroxyl groups is 1. The zero-order valence-corrected chi connectivity index (χ0v) is 21.4. The fourth-order valence-electron chi connectivity index (χ4n) is 3.26. The molecule has 0 spiro atoms. The van der Waals surface area contributed by atoms with Gasteiger partial charge in [-0.3, -0.25) is 9.79 Å². The van der Waals surface area contributed by atoms with Crippen LogP contribution in [0, 0.1) is 12.3 Å². The molecular formula is C23H29F3N4O5S. The maximum atomic E-state index is 13.5. The number of amides is 1. The highest BCUT2D eigenvalue weighted by Gasteiger charge is 2.38. The number of nitrogens with two attached hydrogens (primary N) is 1. The number of hydrogen-bond acceptors (Lipinski definition) is 6. The standard InChI is InChI=1S/C23H29F3N4O5S/c1-12-7-10-16(35-12)19(22(2,3)4)29-20(27)15(11-36(33)34)28-14-9-8-13(23(24,25)26)17(18(14)31)21(32)30(5)6/h7-11,19,28,31H,1-6H3,(H2,27,29)(H,33,34)/b15-11+/t19-/m0/s1. The third-order valence-electron chi connectivity index (χ3n) is 4.99. The Kier molecular flexibility index (Phi) is 8.63. The van der Waals surface area contributed by atoms with Crippen LogP contribution in [0.2, 0.25) is 0 Å². The Balaban J connectivity index is 2.63. The van der Waals surface area contributed by atoms with Gasteiger partial charge in [-0.2, -0.15) is 13.2 Å². The lowest BCUT2D eigenvalue weighted by Crippen LogP contribution is -2.27. The van der Waals surface area contributed by atoms with Gasteiger partial charge in [-0.25, -0.2) is 4.21 Å². The lowest BCUT2D eigenvalue weighted by atomic mass is 9.85. The van der Waals surface area contributed by atoms with Crippen LogP contribution < -0.4 is 11.1 Å². The van der Waals surface area contributed by atoms with Gasteiger partial charge in [0.25, 0.3) is 5.91 Å². The quantitative estimate of drug-likeness (QED) is 0.177. The van der Waals surface area contributed by atoms with Crippen LogP contribution in [-0.4, -0.2) is 44.6 Å². The lowest BCUT2D eigenvalue weighted by Gasteiger charge is -2.26. The predicted octanol–water partition coefficient (Wildman–Crippen LogP) is 4.63. The highest BCUT2D eigenvalue weighted by Crippen LogP contribution is 2.41. The summed E-state index contributed by atoms with van der Waals surface area (Å²) in [7, 11) is 2.46. The molecule has 1 heterocycles. The number of rotatable bonds is 7. The molecule has 0 fully saturated rings. The van der Waals surface area contributed by atoms with Gasteiger partial charge in [-0.15, -0.1) is 0 Å². The number of phenols is 1. The van der Waals surface area contributed by atoms with Crippen molar-refractivity contribution in [2.24, 2.45) is 16.1 Å². The first-order chi connectivity index (χ1) is 16.4. The highest BCUT2D eigenvalue weighted by atomic mass is 32.2. The molecule has 1 aromatic heterocycles. The number of alkyl halides is 3. The number of phenolic OH excluding ortho intramolecular Hbond substituents is 1. The predicted molar refractivity (Wildman–Crippen MR) is 131 cm³/mol. The Bertz CT molecular complexity index is 1210. The third-order valence-corrected chi connectivity index (χ3v) is 5.42. The van der Waals surface area contributed by atoms with E-state index in [9.17, 15) is 31.8 Å². The number of anilines is 1. The van der Waals surface area contributed by atoms with E-state index >= 15 is 0 Å². The number of benzene rings is 1. The van der Waals surface area contributed by atoms with Crippen LogP contribution in [0.1, 0.15) is 54.3 Å². The van der Waals surface area contributed by atoms with E-state index in [1.54, 1.807) is 19.1 Å². The van der Waals surface area contributed by atoms with Gasteiger partial charge < -0.3 is 30.0 Å². The molecule has 9 nitrogen and oxygen atoms in total. The van der Waals surface area contributed by atoms with E-state index in [-0.39, 0.29) is 17.2 Å². The Morgan fingerprint density at radius 1 is 1.22 bits per heavy atom. The van der Waals surface area contributed by atoms with Gasteiger partial charge in [0.2, 0.25) is 0 Å². The van der Waals surface area contributed by atoms with E-state index in [0.717, 1.165) is 16.4 Å². The number of nitrogens with zero attached hydrogens (tertiary/aromatic N) is 2. The van der Waals surface area contributed by atoms with Gasteiger partial charge in [0, 0.05) is 14.1 Å². The molecule has 2 atom stereocenters. The third kappa shape index (κ3) is 6.88. The van der Waals surface area contributed by atoms with E-state index in [2.05, 4.69) is 10.3 Å². The summed E-state index contributed by atoms with van der Waals surface area (Å²) in [6, 6.07) is 4.30.